The topological polar surface area (TPSA) is 12.0 Å². The first-order valence-electron chi connectivity index (χ1n) is 6.01. The Bertz CT molecular complexity index is 490. The van der Waals surface area contributed by atoms with E-state index in [9.17, 15) is 0 Å². The molecule has 1 N–H and O–H groups in total. The van der Waals surface area contributed by atoms with Crippen LogP contribution in [0.1, 0.15) is 10.4 Å². The normalized spacial score (nSPS) is 11.2. The second-order valence-corrected chi connectivity index (χ2v) is 5.77. The van der Waals surface area contributed by atoms with Gasteiger partial charge >= 0.3 is 0 Å². The van der Waals surface area contributed by atoms with Gasteiger partial charge in [0.15, 0.2) is 0 Å². The number of thiophene rings is 1. The highest BCUT2D eigenvalue weighted by molar-refractivity contribution is 7.16. The van der Waals surface area contributed by atoms with E-state index in [1.54, 1.807) is 11.3 Å². The van der Waals surface area contributed by atoms with Crippen molar-refractivity contribution < 1.29 is 0 Å². The largest absolute Gasteiger partial charge is 0.313 e. The number of benzene rings is 1. The lowest BCUT2D eigenvalue weighted by molar-refractivity contribution is 0.751. The van der Waals surface area contributed by atoms with Gasteiger partial charge < -0.3 is 5.32 Å². The highest BCUT2D eigenvalue weighted by atomic mass is 35.5. The van der Waals surface area contributed by atoms with Gasteiger partial charge in [-0.1, -0.05) is 54.1 Å². The molecule has 1 aromatic carbocycles. The molecule has 0 aliphatic rings. The molecule has 94 valence electrons. The van der Waals surface area contributed by atoms with Gasteiger partial charge in [-0.25, -0.2) is 0 Å². The van der Waals surface area contributed by atoms with Crippen LogP contribution in [-0.4, -0.2) is 13.1 Å². The molecule has 18 heavy (non-hydrogen) atoms. The fourth-order valence-corrected chi connectivity index (χ4v) is 2.73. The minimum absolute atomic E-state index is 0.869. The fraction of sp³-hybridized carbons (Fsp3) is 0.200. The summed E-state index contributed by atoms with van der Waals surface area (Å²) in [6.45, 7) is 1.88. The molecular weight excluding hydrogens is 262 g/mol. The summed E-state index contributed by atoms with van der Waals surface area (Å²) < 4.78 is 0.869. The highest BCUT2D eigenvalue weighted by Crippen LogP contribution is 2.21. The molecule has 2 aromatic rings. The van der Waals surface area contributed by atoms with Crippen molar-refractivity contribution >= 4 is 29.0 Å². The van der Waals surface area contributed by atoms with Crippen molar-refractivity contribution in [3.63, 3.8) is 0 Å². The minimum atomic E-state index is 0.869. The van der Waals surface area contributed by atoms with Gasteiger partial charge in [0.25, 0.3) is 0 Å². The van der Waals surface area contributed by atoms with E-state index >= 15 is 0 Å². The van der Waals surface area contributed by atoms with Crippen molar-refractivity contribution in [1.82, 2.24) is 5.32 Å². The molecule has 0 radical (unpaired) electrons. The van der Waals surface area contributed by atoms with Gasteiger partial charge in [-0.2, -0.15) is 0 Å². The van der Waals surface area contributed by atoms with Crippen LogP contribution in [0.2, 0.25) is 4.34 Å². The Hall–Kier alpha value is -1.09. The maximum Gasteiger partial charge on any atom is 0.0931 e. The molecule has 1 heterocycles. The summed E-state index contributed by atoms with van der Waals surface area (Å²) >= 11 is 7.53. The summed E-state index contributed by atoms with van der Waals surface area (Å²) in [7, 11) is 0. The smallest absolute Gasteiger partial charge is 0.0931 e. The molecule has 0 aliphatic carbocycles. The van der Waals surface area contributed by atoms with Crippen LogP contribution in [0, 0.1) is 0 Å². The third-order valence-electron chi connectivity index (χ3n) is 2.55. The Morgan fingerprint density at radius 3 is 2.67 bits per heavy atom. The molecule has 1 nitrogen and oxygen atoms in total. The molecule has 0 aliphatic heterocycles. The van der Waals surface area contributed by atoms with Gasteiger partial charge in [0.1, 0.15) is 0 Å². The van der Waals surface area contributed by atoms with Gasteiger partial charge in [0.05, 0.1) is 4.34 Å². The van der Waals surface area contributed by atoms with E-state index in [4.69, 9.17) is 11.6 Å². The number of rotatable bonds is 6. The third kappa shape index (κ3) is 4.65. The molecule has 1 aromatic heterocycles. The molecule has 0 bridgehead atoms. The Labute approximate surface area is 117 Å². The van der Waals surface area contributed by atoms with E-state index < -0.39 is 0 Å². The maximum absolute atomic E-state index is 5.88. The van der Waals surface area contributed by atoms with Gasteiger partial charge in [0, 0.05) is 18.0 Å². The number of halogens is 1. The summed E-state index contributed by atoms with van der Waals surface area (Å²) in [6.07, 6.45) is 5.32. The molecule has 0 unspecified atom stereocenters. The van der Waals surface area contributed by atoms with Crippen LogP contribution in [0.4, 0.5) is 0 Å². The molecular formula is C15H16ClNS. The van der Waals surface area contributed by atoms with E-state index in [0.717, 1.165) is 23.8 Å². The molecule has 0 fully saturated rings. The first kappa shape index (κ1) is 13.3. The van der Waals surface area contributed by atoms with Crippen LogP contribution >= 0.6 is 22.9 Å². The van der Waals surface area contributed by atoms with E-state index in [-0.39, 0.29) is 0 Å². The Balaban J connectivity index is 1.63. The molecule has 2 rings (SSSR count). The average molecular weight is 278 g/mol. The summed E-state index contributed by atoms with van der Waals surface area (Å²) in [5.74, 6) is 0. The minimum Gasteiger partial charge on any atom is -0.313 e. The highest BCUT2D eigenvalue weighted by Gasteiger charge is 1.96. The van der Waals surface area contributed by atoms with Gasteiger partial charge in [-0.15, -0.1) is 11.3 Å². The van der Waals surface area contributed by atoms with Crippen molar-refractivity contribution in [1.29, 1.82) is 0 Å². The Morgan fingerprint density at radius 1 is 1.11 bits per heavy atom. The van der Waals surface area contributed by atoms with E-state index in [1.807, 2.05) is 24.3 Å². The zero-order valence-electron chi connectivity index (χ0n) is 10.1. The van der Waals surface area contributed by atoms with Crippen molar-refractivity contribution in [2.45, 2.75) is 6.42 Å². The van der Waals surface area contributed by atoms with Gasteiger partial charge in [-0.05, 0) is 24.1 Å². The lowest BCUT2D eigenvalue weighted by Crippen LogP contribution is -2.16. The van der Waals surface area contributed by atoms with E-state index in [0.29, 0.717) is 0 Å². The Morgan fingerprint density at radius 2 is 1.94 bits per heavy atom. The predicted octanol–water partition coefficient (Wildman–Crippen LogP) is 4.25. The SMILES string of the molecule is Clc1ccc(CCNC/C=C/c2ccccc2)s1. The van der Waals surface area contributed by atoms with Crippen LogP contribution < -0.4 is 5.32 Å². The predicted molar refractivity (Wildman–Crippen MR) is 81.4 cm³/mol. The second-order valence-electron chi connectivity index (χ2n) is 3.97. The molecule has 3 heteroatoms. The molecule has 0 saturated carbocycles. The fourth-order valence-electron chi connectivity index (χ4n) is 1.64. The maximum atomic E-state index is 5.88. The molecule has 0 atom stereocenters. The molecule has 0 spiro atoms. The first-order valence-corrected chi connectivity index (χ1v) is 7.20. The quantitative estimate of drug-likeness (QED) is 0.779. The van der Waals surface area contributed by atoms with Crippen LogP contribution in [0.3, 0.4) is 0 Å². The van der Waals surface area contributed by atoms with E-state index in [2.05, 4.69) is 35.7 Å². The van der Waals surface area contributed by atoms with Crippen LogP contribution in [-0.2, 0) is 6.42 Å². The van der Waals surface area contributed by atoms with Crippen molar-refractivity contribution in [2.75, 3.05) is 13.1 Å². The monoisotopic (exact) mass is 277 g/mol. The Kier molecular flexibility index (Phi) is 5.46. The van der Waals surface area contributed by atoms with Gasteiger partial charge in [-0.3, -0.25) is 0 Å². The zero-order valence-corrected chi connectivity index (χ0v) is 11.7. The number of nitrogens with one attached hydrogen (secondary N) is 1. The lowest BCUT2D eigenvalue weighted by Gasteiger charge is -1.99. The summed E-state index contributed by atoms with van der Waals surface area (Å²) in [4.78, 5) is 1.33. The standard InChI is InChI=1S/C15H16ClNS/c16-15-9-8-14(18-15)10-12-17-11-4-7-13-5-2-1-3-6-13/h1-9,17H,10-12H2/b7-4+. The zero-order chi connectivity index (χ0) is 12.6. The van der Waals surface area contributed by atoms with Crippen molar-refractivity contribution in [3.05, 3.63) is 63.3 Å². The first-order chi connectivity index (χ1) is 8.84. The number of hydrogen-bond acceptors (Lipinski definition) is 2. The van der Waals surface area contributed by atoms with Crippen molar-refractivity contribution in [3.8, 4) is 0 Å². The van der Waals surface area contributed by atoms with E-state index in [1.165, 1.54) is 10.4 Å². The number of hydrogen-bond donors (Lipinski definition) is 1. The second kappa shape index (κ2) is 7.37. The lowest BCUT2D eigenvalue weighted by atomic mass is 10.2. The van der Waals surface area contributed by atoms with Crippen LogP contribution in [0.15, 0.2) is 48.5 Å². The summed E-state index contributed by atoms with van der Waals surface area (Å²) in [6, 6.07) is 14.4. The van der Waals surface area contributed by atoms with Crippen LogP contribution in [0.25, 0.3) is 6.08 Å². The van der Waals surface area contributed by atoms with Crippen molar-refractivity contribution in [2.24, 2.45) is 0 Å². The molecule has 0 amide bonds. The van der Waals surface area contributed by atoms with Gasteiger partial charge in [0.2, 0.25) is 0 Å². The average Bonchev–Trinajstić information content (AvgIpc) is 2.81. The summed E-state index contributed by atoms with van der Waals surface area (Å²) in [5, 5.41) is 3.39. The molecule has 0 saturated heterocycles. The third-order valence-corrected chi connectivity index (χ3v) is 3.84. The summed E-state index contributed by atoms with van der Waals surface area (Å²) in [5.41, 5.74) is 1.24. The van der Waals surface area contributed by atoms with Crippen LogP contribution in [0.5, 0.6) is 0 Å².